The lowest BCUT2D eigenvalue weighted by Crippen LogP contribution is -2.27. The van der Waals surface area contributed by atoms with Crippen LogP contribution >= 0.6 is 39.1 Å². The van der Waals surface area contributed by atoms with Crippen LogP contribution in [0.5, 0.6) is 11.5 Å². The summed E-state index contributed by atoms with van der Waals surface area (Å²) in [6, 6.07) is 18.5. The summed E-state index contributed by atoms with van der Waals surface area (Å²) >= 11 is 15.2. The standard InChI is InChI=1S/C22H14BrCl2NO4/c23-16-3-1-2-4-20(16)30-15-8-5-13(6-9-15)11-19(22(28)29)26-21(27)14-7-10-17(24)18(25)12-14/h1-12H,(H,26,27)(H,28,29)/b19-11-. The van der Waals surface area contributed by atoms with Crippen LogP contribution in [0.25, 0.3) is 6.08 Å². The Morgan fingerprint density at radius 1 is 0.967 bits per heavy atom. The lowest BCUT2D eigenvalue weighted by Gasteiger charge is -2.09. The van der Waals surface area contributed by atoms with Gasteiger partial charge < -0.3 is 15.2 Å². The number of aliphatic carboxylic acids is 1. The summed E-state index contributed by atoms with van der Waals surface area (Å²) in [5.41, 5.74) is 0.473. The van der Waals surface area contributed by atoms with Gasteiger partial charge in [-0.2, -0.15) is 0 Å². The molecule has 0 aliphatic carbocycles. The molecule has 0 atom stereocenters. The van der Waals surface area contributed by atoms with Gasteiger partial charge in [-0.25, -0.2) is 4.79 Å². The van der Waals surface area contributed by atoms with Crippen molar-refractivity contribution in [3.63, 3.8) is 0 Å². The second kappa shape index (κ2) is 9.80. The fraction of sp³-hybridized carbons (Fsp3) is 0. The van der Waals surface area contributed by atoms with Crippen molar-refractivity contribution in [1.29, 1.82) is 0 Å². The maximum Gasteiger partial charge on any atom is 0.352 e. The fourth-order valence-corrected chi connectivity index (χ4v) is 3.10. The molecule has 1 amide bonds. The molecule has 0 aromatic heterocycles. The monoisotopic (exact) mass is 505 g/mol. The van der Waals surface area contributed by atoms with Crippen molar-refractivity contribution in [2.75, 3.05) is 0 Å². The maximum atomic E-state index is 12.4. The molecule has 30 heavy (non-hydrogen) atoms. The number of carboxylic acid groups (broad SMARTS) is 1. The van der Waals surface area contributed by atoms with Crippen LogP contribution in [0.15, 0.2) is 76.9 Å². The zero-order valence-electron chi connectivity index (χ0n) is 15.2. The lowest BCUT2D eigenvalue weighted by atomic mass is 10.1. The van der Waals surface area contributed by atoms with Gasteiger partial charge in [-0.3, -0.25) is 4.79 Å². The van der Waals surface area contributed by atoms with E-state index in [0.717, 1.165) is 4.47 Å². The molecule has 3 rings (SSSR count). The Kier molecular flexibility index (Phi) is 7.15. The molecule has 0 bridgehead atoms. The van der Waals surface area contributed by atoms with E-state index in [1.807, 2.05) is 24.3 Å². The molecule has 0 fully saturated rings. The molecule has 0 spiro atoms. The normalized spacial score (nSPS) is 11.1. The topological polar surface area (TPSA) is 75.6 Å². The molecule has 0 saturated heterocycles. The van der Waals surface area contributed by atoms with Crippen molar-refractivity contribution in [2.24, 2.45) is 0 Å². The number of nitrogens with one attached hydrogen (secondary N) is 1. The summed E-state index contributed by atoms with van der Waals surface area (Å²) in [6.07, 6.45) is 1.35. The smallest absolute Gasteiger partial charge is 0.352 e. The molecule has 0 heterocycles. The van der Waals surface area contributed by atoms with Gasteiger partial charge in [0.25, 0.3) is 5.91 Å². The molecule has 2 N–H and O–H groups in total. The van der Waals surface area contributed by atoms with Crippen LogP contribution in [-0.2, 0) is 4.79 Å². The minimum Gasteiger partial charge on any atom is -0.477 e. The van der Waals surface area contributed by atoms with Gasteiger partial charge in [0.05, 0.1) is 14.5 Å². The molecule has 8 heteroatoms. The number of rotatable bonds is 6. The summed E-state index contributed by atoms with van der Waals surface area (Å²) < 4.78 is 6.60. The summed E-state index contributed by atoms with van der Waals surface area (Å²) in [5, 5.41) is 12.3. The van der Waals surface area contributed by atoms with E-state index >= 15 is 0 Å². The highest BCUT2D eigenvalue weighted by Crippen LogP contribution is 2.29. The number of para-hydroxylation sites is 1. The number of carbonyl (C=O) groups is 2. The molecule has 0 aliphatic rings. The van der Waals surface area contributed by atoms with E-state index in [1.54, 1.807) is 24.3 Å². The Labute approximate surface area is 191 Å². The second-order valence-corrected chi connectivity index (χ2v) is 7.72. The zero-order chi connectivity index (χ0) is 21.7. The van der Waals surface area contributed by atoms with Crippen molar-refractivity contribution in [3.8, 4) is 11.5 Å². The average Bonchev–Trinajstić information content (AvgIpc) is 2.72. The third-order valence-corrected chi connectivity index (χ3v) is 5.31. The first-order valence-electron chi connectivity index (χ1n) is 8.57. The average molecular weight is 507 g/mol. The Hall–Kier alpha value is -2.80. The van der Waals surface area contributed by atoms with E-state index in [2.05, 4.69) is 21.2 Å². The van der Waals surface area contributed by atoms with Gasteiger partial charge in [-0.05, 0) is 70.0 Å². The van der Waals surface area contributed by atoms with E-state index in [9.17, 15) is 14.7 Å². The quantitative estimate of drug-likeness (QED) is 0.379. The number of benzene rings is 3. The van der Waals surface area contributed by atoms with Crippen LogP contribution < -0.4 is 10.1 Å². The maximum absolute atomic E-state index is 12.4. The van der Waals surface area contributed by atoms with Crippen molar-refractivity contribution < 1.29 is 19.4 Å². The highest BCUT2D eigenvalue weighted by molar-refractivity contribution is 9.10. The molecule has 152 valence electrons. The zero-order valence-corrected chi connectivity index (χ0v) is 18.3. The van der Waals surface area contributed by atoms with Gasteiger partial charge in [0.15, 0.2) is 0 Å². The Bertz CT molecular complexity index is 1130. The number of hydrogen-bond acceptors (Lipinski definition) is 3. The van der Waals surface area contributed by atoms with Crippen LogP contribution in [0.2, 0.25) is 10.0 Å². The van der Waals surface area contributed by atoms with Gasteiger partial charge in [-0.1, -0.05) is 47.5 Å². The molecule has 3 aromatic carbocycles. The summed E-state index contributed by atoms with van der Waals surface area (Å²) in [7, 11) is 0. The number of carboxylic acids is 1. The molecule has 3 aromatic rings. The number of hydrogen-bond donors (Lipinski definition) is 2. The lowest BCUT2D eigenvalue weighted by molar-refractivity contribution is -0.132. The van der Waals surface area contributed by atoms with Gasteiger partial charge in [0.2, 0.25) is 0 Å². The largest absolute Gasteiger partial charge is 0.477 e. The first-order valence-corrected chi connectivity index (χ1v) is 10.1. The highest BCUT2D eigenvalue weighted by atomic mass is 79.9. The predicted octanol–water partition coefficient (Wildman–Crippen LogP) is 6.40. The highest BCUT2D eigenvalue weighted by Gasteiger charge is 2.14. The summed E-state index contributed by atoms with van der Waals surface area (Å²) in [6.45, 7) is 0. The molecular weight excluding hydrogens is 493 g/mol. The molecule has 0 unspecified atom stereocenters. The number of halogens is 3. The van der Waals surface area contributed by atoms with Crippen LogP contribution in [0.1, 0.15) is 15.9 Å². The molecule has 0 radical (unpaired) electrons. The van der Waals surface area contributed by atoms with Gasteiger partial charge in [0, 0.05) is 5.56 Å². The number of carbonyl (C=O) groups excluding carboxylic acids is 1. The molecule has 0 saturated carbocycles. The first kappa shape index (κ1) is 21.9. The number of ether oxygens (including phenoxy) is 1. The van der Waals surface area contributed by atoms with Crippen molar-refractivity contribution in [3.05, 3.63) is 98.1 Å². The second-order valence-electron chi connectivity index (χ2n) is 6.05. The van der Waals surface area contributed by atoms with Crippen LogP contribution in [0.4, 0.5) is 0 Å². The third kappa shape index (κ3) is 5.63. The molecular formula is C22H14BrCl2NO4. The summed E-state index contributed by atoms with van der Waals surface area (Å²) in [5.74, 6) is -0.662. The van der Waals surface area contributed by atoms with E-state index in [-0.39, 0.29) is 16.3 Å². The van der Waals surface area contributed by atoms with Crippen molar-refractivity contribution in [2.45, 2.75) is 0 Å². The van der Waals surface area contributed by atoms with E-state index < -0.39 is 11.9 Å². The van der Waals surface area contributed by atoms with Gasteiger partial charge in [0.1, 0.15) is 17.2 Å². The van der Waals surface area contributed by atoms with Gasteiger partial charge >= 0.3 is 5.97 Å². The van der Waals surface area contributed by atoms with Crippen molar-refractivity contribution >= 4 is 57.1 Å². The Balaban J connectivity index is 1.76. The minimum atomic E-state index is -1.28. The first-order chi connectivity index (χ1) is 14.3. The van der Waals surface area contributed by atoms with Crippen LogP contribution in [0, 0.1) is 0 Å². The fourth-order valence-electron chi connectivity index (χ4n) is 2.44. The third-order valence-electron chi connectivity index (χ3n) is 3.92. The number of amides is 1. The van der Waals surface area contributed by atoms with Gasteiger partial charge in [-0.15, -0.1) is 0 Å². The van der Waals surface area contributed by atoms with Crippen LogP contribution in [-0.4, -0.2) is 17.0 Å². The van der Waals surface area contributed by atoms with Crippen molar-refractivity contribution in [1.82, 2.24) is 5.32 Å². The van der Waals surface area contributed by atoms with E-state index in [1.165, 1.54) is 24.3 Å². The molecule has 0 aliphatic heterocycles. The van der Waals surface area contributed by atoms with E-state index in [0.29, 0.717) is 22.1 Å². The minimum absolute atomic E-state index is 0.189. The SMILES string of the molecule is O=C(O)/C(=C/c1ccc(Oc2ccccc2Br)cc1)NC(=O)c1ccc(Cl)c(Cl)c1. The predicted molar refractivity (Wildman–Crippen MR) is 120 cm³/mol. The van der Waals surface area contributed by atoms with E-state index in [4.69, 9.17) is 27.9 Å². The Morgan fingerprint density at radius 3 is 2.30 bits per heavy atom. The van der Waals surface area contributed by atoms with Crippen LogP contribution in [0.3, 0.4) is 0 Å². The molecule has 5 nitrogen and oxygen atoms in total. The Morgan fingerprint density at radius 2 is 1.67 bits per heavy atom. The summed E-state index contributed by atoms with van der Waals surface area (Å²) in [4.78, 5) is 23.9.